The Balaban J connectivity index is 1.49. The Bertz CT molecular complexity index is 816. The highest BCUT2D eigenvalue weighted by atomic mass is 32.2. The summed E-state index contributed by atoms with van der Waals surface area (Å²) < 4.78 is 31.8. The average molecular weight is 444 g/mol. The molecule has 1 aromatic rings. The SMILES string of the molecule is CC(C)S(=O)(=O)NC[C@H]1O[C@@H](CC(=O)N2CCN(c3ncccn3)CC2)[C@H](O)[C@@H]1O. The second-order valence-corrected chi connectivity index (χ2v) is 10.1. The van der Waals surface area contributed by atoms with Crippen LogP contribution in [0.5, 0.6) is 0 Å². The summed E-state index contributed by atoms with van der Waals surface area (Å²) in [7, 11) is -3.53. The summed E-state index contributed by atoms with van der Waals surface area (Å²) >= 11 is 0. The number of nitrogens with zero attached hydrogens (tertiary/aromatic N) is 4. The lowest BCUT2D eigenvalue weighted by atomic mass is 10.0. The maximum atomic E-state index is 12.7. The molecule has 168 valence electrons. The number of carbonyl (C=O) groups is 1. The quantitative estimate of drug-likeness (QED) is 0.450. The number of sulfonamides is 1. The summed E-state index contributed by atoms with van der Waals surface area (Å²) in [5.41, 5.74) is 0. The first-order valence-electron chi connectivity index (χ1n) is 9.99. The molecule has 0 unspecified atom stereocenters. The van der Waals surface area contributed by atoms with Crippen molar-refractivity contribution in [1.82, 2.24) is 19.6 Å². The third-order valence-corrected chi connectivity index (χ3v) is 7.22. The van der Waals surface area contributed by atoms with Gasteiger partial charge in [0.2, 0.25) is 21.9 Å². The van der Waals surface area contributed by atoms with Gasteiger partial charge in [-0.25, -0.2) is 23.1 Å². The van der Waals surface area contributed by atoms with Gasteiger partial charge in [0.25, 0.3) is 0 Å². The highest BCUT2D eigenvalue weighted by Gasteiger charge is 2.44. The van der Waals surface area contributed by atoms with E-state index in [1.807, 2.05) is 4.90 Å². The van der Waals surface area contributed by atoms with Gasteiger partial charge in [-0.1, -0.05) is 0 Å². The number of piperazine rings is 1. The van der Waals surface area contributed by atoms with Crippen molar-refractivity contribution in [3.63, 3.8) is 0 Å². The zero-order valence-corrected chi connectivity index (χ0v) is 17.9. The van der Waals surface area contributed by atoms with E-state index >= 15 is 0 Å². The monoisotopic (exact) mass is 443 g/mol. The number of aliphatic hydroxyl groups excluding tert-OH is 2. The first-order chi connectivity index (χ1) is 14.2. The van der Waals surface area contributed by atoms with Gasteiger partial charge in [-0.05, 0) is 19.9 Å². The van der Waals surface area contributed by atoms with E-state index in [1.165, 1.54) is 13.8 Å². The summed E-state index contributed by atoms with van der Waals surface area (Å²) in [6, 6.07) is 1.74. The minimum Gasteiger partial charge on any atom is -0.388 e. The molecule has 2 aliphatic rings. The lowest BCUT2D eigenvalue weighted by molar-refractivity contribution is -0.135. The number of anilines is 1. The third-order valence-electron chi connectivity index (χ3n) is 5.41. The first kappa shape index (κ1) is 22.8. The van der Waals surface area contributed by atoms with Gasteiger partial charge in [-0.2, -0.15) is 0 Å². The van der Waals surface area contributed by atoms with E-state index in [9.17, 15) is 23.4 Å². The standard InChI is InChI=1S/C18H29N5O6S/c1-12(2)30(27,28)21-11-14-17(26)16(25)13(29-14)10-15(24)22-6-8-23(9-7-22)18-19-4-3-5-20-18/h3-5,12-14,16-17,21,25-26H,6-11H2,1-2H3/t13-,14+,16-,17+/m0/s1. The molecule has 0 spiro atoms. The molecule has 0 aromatic carbocycles. The molecule has 3 rings (SSSR count). The molecule has 2 aliphatic heterocycles. The van der Waals surface area contributed by atoms with Gasteiger partial charge in [0.05, 0.1) is 17.8 Å². The Labute approximate surface area is 176 Å². The molecule has 3 N–H and O–H groups in total. The fraction of sp³-hybridized carbons (Fsp3) is 0.722. The molecule has 3 heterocycles. The van der Waals surface area contributed by atoms with Crippen molar-refractivity contribution in [1.29, 1.82) is 0 Å². The molecule has 1 amide bonds. The van der Waals surface area contributed by atoms with Crippen molar-refractivity contribution < 1.29 is 28.2 Å². The van der Waals surface area contributed by atoms with Crippen molar-refractivity contribution in [2.24, 2.45) is 0 Å². The van der Waals surface area contributed by atoms with Crippen LogP contribution >= 0.6 is 0 Å². The van der Waals surface area contributed by atoms with E-state index in [4.69, 9.17) is 4.74 Å². The van der Waals surface area contributed by atoms with Gasteiger partial charge in [0, 0.05) is 45.1 Å². The number of aliphatic hydroxyl groups is 2. The Hall–Kier alpha value is -1.86. The second kappa shape index (κ2) is 9.52. The highest BCUT2D eigenvalue weighted by Crippen LogP contribution is 2.24. The molecule has 0 saturated carbocycles. The number of aromatic nitrogens is 2. The predicted molar refractivity (Wildman–Crippen MR) is 108 cm³/mol. The maximum absolute atomic E-state index is 12.7. The molecular formula is C18H29N5O6S. The maximum Gasteiger partial charge on any atom is 0.225 e. The van der Waals surface area contributed by atoms with Crippen molar-refractivity contribution in [2.75, 3.05) is 37.6 Å². The van der Waals surface area contributed by atoms with Gasteiger partial charge < -0.3 is 24.7 Å². The topological polar surface area (TPSA) is 145 Å². The summed E-state index contributed by atoms with van der Waals surface area (Å²) in [4.78, 5) is 24.7. The zero-order chi connectivity index (χ0) is 21.9. The summed E-state index contributed by atoms with van der Waals surface area (Å²) in [5.74, 6) is 0.428. The van der Waals surface area contributed by atoms with Gasteiger partial charge in [0.15, 0.2) is 0 Å². The van der Waals surface area contributed by atoms with Gasteiger partial charge in [-0.15, -0.1) is 0 Å². The van der Waals surface area contributed by atoms with Crippen LogP contribution in [0.1, 0.15) is 20.3 Å². The minimum absolute atomic E-state index is 0.0898. The molecule has 0 radical (unpaired) electrons. The van der Waals surface area contributed by atoms with E-state index in [-0.39, 0.29) is 18.9 Å². The number of carbonyl (C=O) groups excluding carboxylic acids is 1. The first-order valence-corrected chi connectivity index (χ1v) is 11.5. The number of hydrogen-bond acceptors (Lipinski definition) is 9. The average Bonchev–Trinajstić information content (AvgIpc) is 3.01. The molecule has 2 fully saturated rings. The van der Waals surface area contributed by atoms with Gasteiger partial charge in [0.1, 0.15) is 18.3 Å². The fourth-order valence-electron chi connectivity index (χ4n) is 3.44. The van der Waals surface area contributed by atoms with Crippen LogP contribution in [0, 0.1) is 0 Å². The van der Waals surface area contributed by atoms with Crippen molar-refractivity contribution in [3.8, 4) is 0 Å². The Kier molecular flexibility index (Phi) is 7.24. The van der Waals surface area contributed by atoms with Crippen LogP contribution in [-0.2, 0) is 19.6 Å². The van der Waals surface area contributed by atoms with Crippen LogP contribution in [0.25, 0.3) is 0 Å². The molecule has 30 heavy (non-hydrogen) atoms. The van der Waals surface area contributed by atoms with Crippen LogP contribution in [0.3, 0.4) is 0 Å². The van der Waals surface area contributed by atoms with E-state index in [1.54, 1.807) is 23.4 Å². The normalized spacial score (nSPS) is 27.6. The largest absolute Gasteiger partial charge is 0.388 e. The second-order valence-electron chi connectivity index (χ2n) is 7.76. The summed E-state index contributed by atoms with van der Waals surface area (Å²) in [5, 5.41) is 19.8. The van der Waals surface area contributed by atoms with Crippen molar-refractivity contribution >= 4 is 21.9 Å². The van der Waals surface area contributed by atoms with Crippen molar-refractivity contribution in [3.05, 3.63) is 18.5 Å². The molecule has 12 heteroatoms. The Morgan fingerprint density at radius 3 is 2.37 bits per heavy atom. The fourth-order valence-corrected chi connectivity index (χ4v) is 4.17. The van der Waals surface area contributed by atoms with Crippen LogP contribution < -0.4 is 9.62 Å². The zero-order valence-electron chi connectivity index (χ0n) is 17.1. The van der Waals surface area contributed by atoms with Gasteiger partial charge >= 0.3 is 0 Å². The van der Waals surface area contributed by atoms with E-state index in [0.717, 1.165) is 0 Å². The molecular weight excluding hydrogens is 414 g/mol. The number of ether oxygens (including phenoxy) is 1. The Morgan fingerprint density at radius 2 is 1.77 bits per heavy atom. The van der Waals surface area contributed by atoms with E-state index in [0.29, 0.717) is 32.1 Å². The lowest BCUT2D eigenvalue weighted by Crippen LogP contribution is -2.50. The number of nitrogens with one attached hydrogen (secondary N) is 1. The number of rotatable bonds is 7. The lowest BCUT2D eigenvalue weighted by Gasteiger charge is -2.35. The van der Waals surface area contributed by atoms with Crippen LogP contribution in [0.15, 0.2) is 18.5 Å². The highest BCUT2D eigenvalue weighted by molar-refractivity contribution is 7.90. The molecule has 11 nitrogen and oxygen atoms in total. The van der Waals surface area contributed by atoms with E-state index < -0.39 is 39.7 Å². The number of amides is 1. The predicted octanol–water partition coefficient (Wildman–Crippen LogP) is -1.67. The van der Waals surface area contributed by atoms with Crippen LogP contribution in [0.4, 0.5) is 5.95 Å². The minimum atomic E-state index is -3.53. The summed E-state index contributed by atoms with van der Waals surface area (Å²) in [6.45, 7) is 5.06. The smallest absolute Gasteiger partial charge is 0.225 e. The molecule has 1 aromatic heterocycles. The Morgan fingerprint density at radius 1 is 1.17 bits per heavy atom. The molecule has 2 saturated heterocycles. The van der Waals surface area contributed by atoms with Crippen LogP contribution in [0.2, 0.25) is 0 Å². The molecule has 0 aliphatic carbocycles. The summed E-state index contributed by atoms with van der Waals surface area (Å²) in [6.07, 6.45) is -1.10. The molecule has 4 atom stereocenters. The molecule has 0 bridgehead atoms. The third kappa shape index (κ3) is 5.24. The number of hydrogen-bond donors (Lipinski definition) is 3. The van der Waals surface area contributed by atoms with Gasteiger partial charge in [-0.3, -0.25) is 4.79 Å². The van der Waals surface area contributed by atoms with Crippen molar-refractivity contribution in [2.45, 2.75) is 49.9 Å². The van der Waals surface area contributed by atoms with Crippen LogP contribution in [-0.4, -0.2) is 102 Å². The van der Waals surface area contributed by atoms with E-state index in [2.05, 4.69) is 14.7 Å².